The second-order valence-electron chi connectivity index (χ2n) is 4.30. The summed E-state index contributed by atoms with van der Waals surface area (Å²) in [6.07, 6.45) is 0. The number of rotatable bonds is 4. The molecule has 2 rings (SSSR count). The van der Waals surface area contributed by atoms with Crippen molar-refractivity contribution in [1.29, 1.82) is 0 Å². The Morgan fingerprint density at radius 2 is 1.81 bits per heavy atom. The Kier molecular flexibility index (Phi) is 3.78. The van der Waals surface area contributed by atoms with Gasteiger partial charge < -0.3 is 20.0 Å². The molecule has 0 radical (unpaired) electrons. The molecule has 1 aromatic rings. The smallest absolute Gasteiger partial charge is 0.411 e. The average Bonchev–Trinajstić information content (AvgIpc) is 2.59. The minimum atomic E-state index is -4.74. The molecule has 21 heavy (non-hydrogen) atoms. The summed E-state index contributed by atoms with van der Waals surface area (Å²) in [5.74, 6) is -2.31. The van der Waals surface area contributed by atoms with E-state index in [0.29, 0.717) is 10.5 Å². The van der Waals surface area contributed by atoms with Crippen molar-refractivity contribution in [3.63, 3.8) is 0 Å². The fourth-order valence-corrected chi connectivity index (χ4v) is 2.58. The van der Waals surface area contributed by atoms with E-state index in [1.807, 2.05) is 0 Å². The van der Waals surface area contributed by atoms with Crippen LogP contribution in [0.2, 0.25) is 0 Å². The first kappa shape index (κ1) is 15.1. The van der Waals surface area contributed by atoms with E-state index in [4.69, 9.17) is 14.9 Å². The summed E-state index contributed by atoms with van der Waals surface area (Å²) >= 11 is 0. The lowest BCUT2D eigenvalue weighted by atomic mass is 10.1. The second kappa shape index (κ2) is 5.25. The van der Waals surface area contributed by atoms with Gasteiger partial charge in [-0.25, -0.2) is 9.36 Å². The van der Waals surface area contributed by atoms with Crippen LogP contribution in [0.4, 0.5) is 0 Å². The fraction of sp³-hybridized carbons (Fsp3) is 0.0833. The van der Waals surface area contributed by atoms with Crippen molar-refractivity contribution in [2.45, 2.75) is 0 Å². The first-order valence-corrected chi connectivity index (χ1v) is 7.36. The van der Waals surface area contributed by atoms with Gasteiger partial charge in [-0.1, -0.05) is 24.3 Å². The van der Waals surface area contributed by atoms with Crippen molar-refractivity contribution >= 4 is 31.1 Å². The van der Waals surface area contributed by atoms with Gasteiger partial charge in [0, 0.05) is 11.1 Å². The number of carboxylic acids is 1. The van der Waals surface area contributed by atoms with Gasteiger partial charge in [-0.3, -0.25) is 4.79 Å². The molecule has 4 N–H and O–H groups in total. The van der Waals surface area contributed by atoms with Gasteiger partial charge in [0.05, 0.1) is 0 Å². The maximum absolute atomic E-state index is 12.2. The maximum atomic E-state index is 12.2. The third-order valence-corrected chi connectivity index (χ3v) is 3.33. The van der Waals surface area contributed by atoms with Crippen molar-refractivity contribution in [1.82, 2.24) is 0 Å². The van der Waals surface area contributed by atoms with Crippen molar-refractivity contribution in [2.75, 3.05) is 6.54 Å². The zero-order chi connectivity index (χ0) is 15.8. The number of aliphatic hydroxyl groups excluding tert-OH is 1. The molecule has 9 heteroatoms. The summed E-state index contributed by atoms with van der Waals surface area (Å²) in [7, 11) is -4.74. The molecular formula is C12H11NO7P+. The van der Waals surface area contributed by atoms with Crippen molar-refractivity contribution < 1.29 is 38.7 Å². The highest BCUT2D eigenvalue weighted by Crippen LogP contribution is 2.34. The van der Waals surface area contributed by atoms with E-state index in [0.717, 1.165) is 0 Å². The van der Waals surface area contributed by atoms with Crippen LogP contribution >= 0.6 is 7.60 Å². The van der Waals surface area contributed by atoms with Crippen LogP contribution in [0.1, 0.15) is 15.9 Å². The molecule has 1 aliphatic rings. The number of carbonyl (C=O) groups is 2. The molecule has 0 heterocycles. The monoisotopic (exact) mass is 312 g/mol. The van der Waals surface area contributed by atoms with Crippen LogP contribution in [0, 0.1) is 0 Å². The van der Waals surface area contributed by atoms with Crippen LogP contribution in [-0.4, -0.2) is 48.8 Å². The van der Waals surface area contributed by atoms with Gasteiger partial charge in [0.15, 0.2) is 0 Å². The van der Waals surface area contributed by atoms with E-state index in [1.54, 1.807) is 12.1 Å². The van der Waals surface area contributed by atoms with E-state index < -0.39 is 37.3 Å². The molecule has 0 unspecified atom stereocenters. The average molecular weight is 312 g/mol. The Morgan fingerprint density at radius 1 is 1.24 bits per heavy atom. The number of carboxylic acid groups (broad SMARTS) is 1. The van der Waals surface area contributed by atoms with Gasteiger partial charge in [0.25, 0.3) is 17.4 Å². The minimum Gasteiger partial charge on any atom is -0.502 e. The number of nitrogens with zero attached hydrogens (tertiary/aromatic N) is 1. The van der Waals surface area contributed by atoms with Crippen LogP contribution in [0.3, 0.4) is 0 Å². The molecule has 0 spiro atoms. The maximum Gasteiger partial charge on any atom is 0.411 e. The van der Waals surface area contributed by atoms with E-state index in [1.165, 1.54) is 12.1 Å². The van der Waals surface area contributed by atoms with Crippen molar-refractivity contribution in [3.05, 3.63) is 41.1 Å². The van der Waals surface area contributed by atoms with E-state index >= 15 is 0 Å². The zero-order valence-electron chi connectivity index (χ0n) is 10.5. The van der Waals surface area contributed by atoms with Gasteiger partial charge in [-0.15, -0.1) is 0 Å². The van der Waals surface area contributed by atoms with Gasteiger partial charge in [0.1, 0.15) is 0 Å². The summed E-state index contributed by atoms with van der Waals surface area (Å²) < 4.78 is 11.6. The van der Waals surface area contributed by atoms with Gasteiger partial charge in [0.2, 0.25) is 12.3 Å². The summed E-state index contributed by atoms with van der Waals surface area (Å²) in [5.41, 5.74) is -0.145. The minimum absolute atomic E-state index is 0.138. The highest BCUT2D eigenvalue weighted by Gasteiger charge is 2.40. The molecule has 0 saturated carbocycles. The number of carbonyl (C=O) groups excluding carboxylic acids is 1. The third kappa shape index (κ3) is 3.08. The molecule has 0 bridgehead atoms. The number of Topliss-reactive ketones (excluding diaryl/α,β-unsaturated/α-hetero) is 1. The lowest BCUT2D eigenvalue weighted by Crippen LogP contribution is -2.24. The Labute approximate surface area is 118 Å². The normalized spacial score (nSPS) is 15.3. The second-order valence-corrected chi connectivity index (χ2v) is 5.71. The summed E-state index contributed by atoms with van der Waals surface area (Å²) in [4.78, 5) is 40.9. The number of benzene rings is 1. The molecule has 0 aliphatic heterocycles. The zero-order valence-corrected chi connectivity index (χ0v) is 11.4. The molecule has 0 amide bonds. The van der Waals surface area contributed by atoms with E-state index in [-0.39, 0.29) is 11.1 Å². The number of hydrogen-bond acceptors (Lipinski definition) is 4. The molecule has 0 saturated heterocycles. The standard InChI is InChI=1S/C12H10NO7P/c14-9(15)5-13(6-21(18,19)20)10-11(16)7-3-1-2-4-8(7)12(10)17/h1-4,6H,5H2,(H3-,14,15,16,17,18,19,20)/p+1. The Balaban J connectivity index is 2.60. The molecule has 1 aromatic carbocycles. The highest BCUT2D eigenvalue weighted by molar-refractivity contribution is 7.67. The van der Waals surface area contributed by atoms with Gasteiger partial charge in [-0.2, -0.15) is 4.58 Å². The predicted molar refractivity (Wildman–Crippen MR) is 71.2 cm³/mol. The number of aliphatic hydroxyl groups is 1. The number of allylic oxidation sites excluding steroid dienone is 1. The lowest BCUT2D eigenvalue weighted by Gasteiger charge is -2.01. The summed E-state index contributed by atoms with van der Waals surface area (Å²) in [5, 5.41) is 18.8. The van der Waals surface area contributed by atoms with Crippen LogP contribution in [-0.2, 0) is 9.36 Å². The predicted octanol–water partition coefficient (Wildman–Crippen LogP) is 0.413. The molecule has 1 aliphatic carbocycles. The fourth-order valence-electron chi connectivity index (χ4n) is 2.02. The largest absolute Gasteiger partial charge is 0.502 e. The number of fused-ring (bicyclic) bond motifs is 1. The molecule has 110 valence electrons. The quantitative estimate of drug-likeness (QED) is 0.359. The van der Waals surface area contributed by atoms with Crippen molar-refractivity contribution in [2.24, 2.45) is 0 Å². The van der Waals surface area contributed by atoms with Crippen LogP contribution in [0.25, 0.3) is 5.76 Å². The Morgan fingerprint density at radius 3 is 2.29 bits per heavy atom. The molecule has 8 nitrogen and oxygen atoms in total. The summed E-state index contributed by atoms with van der Waals surface area (Å²) in [6.45, 7) is -0.871. The Bertz CT molecular complexity index is 744. The first-order chi connectivity index (χ1) is 9.70. The Hall–Kier alpha value is -2.28. The van der Waals surface area contributed by atoms with Crippen LogP contribution < -0.4 is 0 Å². The molecule has 0 fully saturated rings. The molecular weight excluding hydrogens is 301 g/mol. The number of hydrogen-bond donors (Lipinski definition) is 4. The van der Waals surface area contributed by atoms with Gasteiger partial charge in [-0.05, 0) is 0 Å². The number of aliphatic carboxylic acids is 1. The van der Waals surface area contributed by atoms with E-state index in [9.17, 15) is 19.3 Å². The molecule has 0 atom stereocenters. The summed E-state index contributed by atoms with van der Waals surface area (Å²) in [6, 6.07) is 6.00. The van der Waals surface area contributed by atoms with Crippen LogP contribution in [0.15, 0.2) is 30.0 Å². The third-order valence-electron chi connectivity index (χ3n) is 2.75. The number of ketones is 1. The van der Waals surface area contributed by atoms with Crippen LogP contribution in [0.5, 0.6) is 0 Å². The lowest BCUT2D eigenvalue weighted by molar-refractivity contribution is -0.453. The van der Waals surface area contributed by atoms with Gasteiger partial charge >= 0.3 is 13.6 Å². The van der Waals surface area contributed by atoms with E-state index in [2.05, 4.69) is 0 Å². The highest BCUT2D eigenvalue weighted by atomic mass is 31.2. The van der Waals surface area contributed by atoms with Crippen molar-refractivity contribution in [3.8, 4) is 0 Å². The topological polar surface area (TPSA) is 135 Å². The first-order valence-electron chi connectivity index (χ1n) is 5.68. The SMILES string of the molecule is O=C(O)C[N+](=CP(=O)(O)O)C1=C(O)c2ccccc2C1=O. The molecule has 0 aromatic heterocycles.